The van der Waals surface area contributed by atoms with Crippen molar-refractivity contribution in [3.8, 4) is 5.75 Å². The van der Waals surface area contributed by atoms with Crippen LogP contribution in [0.1, 0.15) is 122 Å². The second-order valence-electron chi connectivity index (χ2n) is 11.0. The minimum Gasteiger partial charge on any atom is -0.485 e. The molecule has 4 aliphatic rings. The minimum absolute atomic E-state index is 0.160. The van der Waals surface area contributed by atoms with Crippen LogP contribution in [0.2, 0.25) is 0 Å². The highest BCUT2D eigenvalue weighted by Crippen LogP contribution is 2.58. The Morgan fingerprint density at radius 1 is 0.903 bits per heavy atom. The number of halogens is 2. The van der Waals surface area contributed by atoms with Crippen LogP contribution in [0.3, 0.4) is 0 Å². The Balaban J connectivity index is 1.33. The van der Waals surface area contributed by atoms with Gasteiger partial charge >= 0.3 is 0 Å². The van der Waals surface area contributed by atoms with Gasteiger partial charge in [-0.2, -0.15) is 0 Å². The molecule has 1 unspecified atom stereocenters. The summed E-state index contributed by atoms with van der Waals surface area (Å²) in [5.41, 5.74) is 1.43. The summed E-state index contributed by atoms with van der Waals surface area (Å²) in [6, 6.07) is 3.11. The van der Waals surface area contributed by atoms with Crippen LogP contribution < -0.4 is 4.74 Å². The Labute approximate surface area is 188 Å². The van der Waals surface area contributed by atoms with E-state index >= 15 is 0 Å². The van der Waals surface area contributed by atoms with Crippen molar-refractivity contribution >= 4 is 0 Å². The van der Waals surface area contributed by atoms with Gasteiger partial charge in [0, 0.05) is 0 Å². The van der Waals surface area contributed by atoms with Gasteiger partial charge in [0.2, 0.25) is 0 Å². The van der Waals surface area contributed by atoms with Crippen LogP contribution in [-0.4, -0.2) is 6.10 Å². The molecule has 0 N–H and O–H groups in total. The molecule has 3 heteroatoms. The third-order valence-electron chi connectivity index (χ3n) is 9.02. The van der Waals surface area contributed by atoms with E-state index in [9.17, 15) is 8.78 Å². The van der Waals surface area contributed by atoms with Crippen molar-refractivity contribution in [1.29, 1.82) is 0 Å². The average Bonchev–Trinajstić information content (AvgIpc) is 2.80. The van der Waals surface area contributed by atoms with E-state index in [4.69, 9.17) is 4.74 Å². The summed E-state index contributed by atoms with van der Waals surface area (Å²) in [5.74, 6) is 0.888. The third kappa shape index (κ3) is 5.28. The van der Waals surface area contributed by atoms with Crippen LogP contribution in [0.4, 0.5) is 8.78 Å². The number of hydrogen-bond acceptors (Lipinski definition) is 1. The van der Waals surface area contributed by atoms with E-state index in [-0.39, 0.29) is 17.8 Å². The first-order chi connectivity index (χ1) is 15.0. The quantitative estimate of drug-likeness (QED) is 0.354. The molecule has 0 spiro atoms. The first kappa shape index (κ1) is 23.1. The molecule has 4 fully saturated rings. The normalized spacial score (nSPS) is 31.5. The number of ether oxygens (including phenoxy) is 1. The van der Waals surface area contributed by atoms with Crippen molar-refractivity contribution in [3.05, 3.63) is 29.3 Å². The number of rotatable bonds is 9. The lowest BCUT2D eigenvalue weighted by atomic mass is 9.53. The zero-order valence-corrected chi connectivity index (χ0v) is 19.7. The van der Waals surface area contributed by atoms with E-state index in [2.05, 4.69) is 6.92 Å². The molecule has 0 heterocycles. The molecule has 174 valence electrons. The largest absolute Gasteiger partial charge is 0.485 e. The molecule has 31 heavy (non-hydrogen) atoms. The number of fused-ring (bicyclic) bond motifs is 3. The molecule has 1 aromatic rings. The highest BCUT2D eigenvalue weighted by Gasteiger charge is 2.46. The molecule has 0 aliphatic heterocycles. The summed E-state index contributed by atoms with van der Waals surface area (Å²) in [7, 11) is 0. The maximum absolute atomic E-state index is 14.8. The molecule has 1 atom stereocenters. The van der Waals surface area contributed by atoms with Gasteiger partial charge in [0.25, 0.3) is 0 Å². The maximum atomic E-state index is 14.8. The standard InChI is InChI=1S/C28H42F2O/c1-3-4-5-6-7-20(2)31-27-25(29)18-23(19-26(27)30)22-8-10-24(11-9-22)28-15-12-21(13-16-28)14-17-28/h18-22,24H,3-17H2,1-2H3. The molecule has 1 aromatic carbocycles. The van der Waals surface area contributed by atoms with Crippen molar-refractivity contribution in [1.82, 2.24) is 0 Å². The average molecular weight is 433 g/mol. The smallest absolute Gasteiger partial charge is 0.191 e. The Hall–Kier alpha value is -1.12. The molecular formula is C28H42F2O. The Morgan fingerprint density at radius 3 is 2.10 bits per heavy atom. The fourth-order valence-electron chi connectivity index (χ4n) is 6.98. The van der Waals surface area contributed by atoms with E-state index in [1.165, 1.54) is 64.2 Å². The molecular weight excluding hydrogens is 390 g/mol. The highest BCUT2D eigenvalue weighted by molar-refractivity contribution is 5.33. The lowest BCUT2D eigenvalue weighted by Crippen LogP contribution is -2.41. The van der Waals surface area contributed by atoms with Gasteiger partial charge in [0.15, 0.2) is 17.4 Å². The monoisotopic (exact) mass is 432 g/mol. The number of benzene rings is 1. The second-order valence-corrected chi connectivity index (χ2v) is 11.0. The minimum atomic E-state index is -0.526. The zero-order chi connectivity index (χ0) is 21.8. The van der Waals surface area contributed by atoms with Crippen LogP contribution in [0.15, 0.2) is 12.1 Å². The van der Waals surface area contributed by atoms with Crippen LogP contribution >= 0.6 is 0 Å². The van der Waals surface area contributed by atoms with Crippen LogP contribution in [0.5, 0.6) is 5.75 Å². The molecule has 2 bridgehead atoms. The fourth-order valence-corrected chi connectivity index (χ4v) is 6.98. The van der Waals surface area contributed by atoms with E-state index in [0.717, 1.165) is 49.5 Å². The van der Waals surface area contributed by atoms with Gasteiger partial charge in [-0.15, -0.1) is 0 Å². The van der Waals surface area contributed by atoms with E-state index in [0.29, 0.717) is 5.41 Å². The predicted molar refractivity (Wildman–Crippen MR) is 124 cm³/mol. The third-order valence-corrected chi connectivity index (χ3v) is 9.02. The summed E-state index contributed by atoms with van der Waals surface area (Å²) in [5, 5.41) is 0. The summed E-state index contributed by atoms with van der Waals surface area (Å²) < 4.78 is 35.3. The summed E-state index contributed by atoms with van der Waals surface area (Å²) >= 11 is 0. The molecule has 0 radical (unpaired) electrons. The van der Waals surface area contributed by atoms with Gasteiger partial charge < -0.3 is 4.74 Å². The van der Waals surface area contributed by atoms with Gasteiger partial charge in [-0.25, -0.2) is 8.78 Å². The summed E-state index contributed by atoms with van der Waals surface area (Å²) in [6.45, 7) is 4.09. The van der Waals surface area contributed by atoms with Crippen molar-refractivity contribution in [2.24, 2.45) is 17.3 Å². The molecule has 0 amide bonds. The van der Waals surface area contributed by atoms with Gasteiger partial charge in [-0.1, -0.05) is 26.2 Å². The van der Waals surface area contributed by atoms with E-state index in [1.54, 1.807) is 12.1 Å². The lowest BCUT2D eigenvalue weighted by molar-refractivity contribution is -0.00997. The molecule has 1 nitrogen and oxygen atoms in total. The summed E-state index contributed by atoms with van der Waals surface area (Å²) in [4.78, 5) is 0. The molecule has 0 saturated heterocycles. The van der Waals surface area contributed by atoms with E-state index in [1.807, 2.05) is 6.92 Å². The number of hydrogen-bond donors (Lipinski definition) is 0. The van der Waals surface area contributed by atoms with Gasteiger partial charge in [0.05, 0.1) is 6.10 Å². The first-order valence-electron chi connectivity index (χ1n) is 13.2. The van der Waals surface area contributed by atoms with Crippen molar-refractivity contribution < 1.29 is 13.5 Å². The fraction of sp³-hybridized carbons (Fsp3) is 0.786. The lowest BCUT2D eigenvalue weighted by Gasteiger charge is -2.53. The predicted octanol–water partition coefficient (Wildman–Crippen LogP) is 8.95. The summed E-state index contributed by atoms with van der Waals surface area (Å²) in [6.07, 6.45) is 18.5. The Bertz CT molecular complexity index is 677. The van der Waals surface area contributed by atoms with Crippen LogP contribution in [0, 0.1) is 28.9 Å². The Morgan fingerprint density at radius 2 is 1.52 bits per heavy atom. The van der Waals surface area contributed by atoms with Crippen LogP contribution in [-0.2, 0) is 0 Å². The zero-order valence-electron chi connectivity index (χ0n) is 19.7. The molecule has 0 aromatic heterocycles. The highest BCUT2D eigenvalue weighted by atomic mass is 19.1. The van der Waals surface area contributed by atoms with Gasteiger partial charge in [-0.05, 0) is 125 Å². The van der Waals surface area contributed by atoms with E-state index < -0.39 is 11.6 Å². The molecule has 4 saturated carbocycles. The number of unbranched alkanes of at least 4 members (excludes halogenated alkanes) is 3. The Kier molecular flexibility index (Phi) is 7.60. The second kappa shape index (κ2) is 10.2. The van der Waals surface area contributed by atoms with Crippen molar-refractivity contribution in [2.45, 2.75) is 122 Å². The first-order valence-corrected chi connectivity index (χ1v) is 13.2. The SMILES string of the molecule is CCCCCCC(C)Oc1c(F)cc(C2CCC(C34CCC(CC3)CC4)CC2)cc1F. The maximum Gasteiger partial charge on any atom is 0.191 e. The van der Waals surface area contributed by atoms with Crippen molar-refractivity contribution in [2.75, 3.05) is 0 Å². The topological polar surface area (TPSA) is 9.23 Å². The van der Waals surface area contributed by atoms with Gasteiger partial charge in [-0.3, -0.25) is 0 Å². The molecule has 5 rings (SSSR count). The van der Waals surface area contributed by atoms with Crippen molar-refractivity contribution in [3.63, 3.8) is 0 Å². The van der Waals surface area contributed by atoms with Gasteiger partial charge in [0.1, 0.15) is 0 Å². The van der Waals surface area contributed by atoms with Crippen LogP contribution in [0.25, 0.3) is 0 Å². The molecule has 4 aliphatic carbocycles.